The number of benzene rings is 1. The van der Waals surface area contributed by atoms with Gasteiger partial charge in [-0.1, -0.05) is 36.3 Å². The van der Waals surface area contributed by atoms with Gasteiger partial charge in [-0.3, -0.25) is 0 Å². The summed E-state index contributed by atoms with van der Waals surface area (Å²) in [7, 11) is 0. The highest BCUT2D eigenvalue weighted by Crippen LogP contribution is 2.11. The van der Waals surface area contributed by atoms with Crippen LogP contribution in [0.15, 0.2) is 41.1 Å². The summed E-state index contributed by atoms with van der Waals surface area (Å²) in [4.78, 5) is 0. The van der Waals surface area contributed by atoms with Crippen molar-refractivity contribution in [1.29, 1.82) is 0 Å². The maximum atomic E-state index is 5.06. The molecule has 0 saturated carbocycles. The van der Waals surface area contributed by atoms with Crippen LogP contribution in [0.4, 0.5) is 0 Å². The average molecular weight is 187 g/mol. The van der Waals surface area contributed by atoms with Gasteiger partial charge in [0, 0.05) is 12.5 Å². The zero-order chi connectivity index (χ0) is 9.80. The van der Waals surface area contributed by atoms with Crippen LogP contribution in [0.25, 0.3) is 0 Å². The Morgan fingerprint density at radius 2 is 2.07 bits per heavy atom. The van der Waals surface area contributed by atoms with Gasteiger partial charge in [0.25, 0.3) is 0 Å². The molecule has 2 aromatic rings. The molecule has 1 aromatic carbocycles. The molecule has 0 aliphatic rings. The topological polar surface area (TPSA) is 26.0 Å². The molecule has 1 heterocycles. The molecule has 0 aliphatic carbocycles. The van der Waals surface area contributed by atoms with E-state index in [0.29, 0.717) is 0 Å². The van der Waals surface area contributed by atoms with E-state index >= 15 is 0 Å². The Morgan fingerprint density at radius 3 is 2.79 bits per heavy atom. The Bertz CT molecular complexity index is 392. The lowest BCUT2D eigenvalue weighted by Crippen LogP contribution is -1.88. The highest BCUT2D eigenvalue weighted by molar-refractivity contribution is 5.26. The Labute approximate surface area is 83.5 Å². The van der Waals surface area contributed by atoms with E-state index in [1.807, 2.05) is 6.07 Å². The minimum absolute atomic E-state index is 0.827. The van der Waals surface area contributed by atoms with Gasteiger partial charge >= 0.3 is 0 Å². The van der Waals surface area contributed by atoms with E-state index < -0.39 is 0 Å². The van der Waals surface area contributed by atoms with Crippen molar-refractivity contribution < 1.29 is 4.52 Å². The first kappa shape index (κ1) is 9.00. The van der Waals surface area contributed by atoms with Crippen molar-refractivity contribution >= 4 is 0 Å². The molecule has 0 unspecified atom stereocenters. The summed E-state index contributed by atoms with van der Waals surface area (Å²) in [6, 6.07) is 10.5. The van der Waals surface area contributed by atoms with Crippen LogP contribution in [0.5, 0.6) is 0 Å². The second-order valence-corrected chi connectivity index (χ2v) is 3.33. The Hall–Kier alpha value is -1.57. The third-order valence-corrected chi connectivity index (χ3v) is 2.27. The van der Waals surface area contributed by atoms with Gasteiger partial charge in [0.2, 0.25) is 0 Å². The largest absolute Gasteiger partial charge is 0.361 e. The van der Waals surface area contributed by atoms with Gasteiger partial charge in [-0.2, -0.15) is 0 Å². The van der Waals surface area contributed by atoms with Crippen molar-refractivity contribution in [2.75, 3.05) is 0 Å². The highest BCUT2D eigenvalue weighted by atomic mass is 16.5. The van der Waals surface area contributed by atoms with Crippen LogP contribution in [-0.2, 0) is 12.8 Å². The van der Waals surface area contributed by atoms with Crippen molar-refractivity contribution in [3.63, 3.8) is 0 Å². The fourth-order valence-corrected chi connectivity index (χ4v) is 1.49. The van der Waals surface area contributed by atoms with E-state index in [1.165, 1.54) is 11.1 Å². The summed E-state index contributed by atoms with van der Waals surface area (Å²) in [5.41, 5.74) is 2.64. The minimum Gasteiger partial charge on any atom is -0.361 e. The summed E-state index contributed by atoms with van der Waals surface area (Å²) >= 11 is 0. The van der Waals surface area contributed by atoms with Crippen molar-refractivity contribution in [3.05, 3.63) is 53.4 Å². The predicted octanol–water partition coefficient (Wildman–Crippen LogP) is 2.83. The molecule has 0 fully saturated rings. The molecule has 0 atom stereocenters. The van der Waals surface area contributed by atoms with E-state index in [1.54, 1.807) is 6.20 Å². The maximum Gasteiger partial charge on any atom is 0.141 e. The first-order valence-corrected chi connectivity index (χ1v) is 4.86. The summed E-state index contributed by atoms with van der Waals surface area (Å²) < 4.78 is 5.06. The Balaban J connectivity index is 2.17. The second-order valence-electron chi connectivity index (χ2n) is 3.33. The third-order valence-electron chi connectivity index (χ3n) is 2.27. The molecule has 0 N–H and O–H groups in total. The number of aromatic nitrogens is 1. The van der Waals surface area contributed by atoms with E-state index in [2.05, 4.69) is 36.3 Å². The van der Waals surface area contributed by atoms with Crippen LogP contribution in [0.2, 0.25) is 0 Å². The number of aryl methyl sites for hydroxylation is 1. The molecular formula is C12H13NO. The first-order chi connectivity index (χ1) is 6.88. The smallest absolute Gasteiger partial charge is 0.141 e. The fraction of sp³-hybridized carbons (Fsp3) is 0.250. The molecule has 14 heavy (non-hydrogen) atoms. The van der Waals surface area contributed by atoms with Gasteiger partial charge in [0.1, 0.15) is 5.76 Å². The van der Waals surface area contributed by atoms with Gasteiger partial charge in [0.15, 0.2) is 0 Å². The van der Waals surface area contributed by atoms with E-state index in [0.717, 1.165) is 18.6 Å². The molecule has 0 aliphatic heterocycles. The molecule has 0 saturated heterocycles. The van der Waals surface area contributed by atoms with Crippen molar-refractivity contribution in [3.8, 4) is 0 Å². The summed E-state index contributed by atoms with van der Waals surface area (Å²) in [6.45, 7) is 2.16. The molecule has 2 heteroatoms. The summed E-state index contributed by atoms with van der Waals surface area (Å²) in [5, 5.41) is 3.69. The lowest BCUT2D eigenvalue weighted by molar-refractivity contribution is 0.389. The average Bonchev–Trinajstić information content (AvgIpc) is 2.71. The first-order valence-electron chi connectivity index (χ1n) is 4.86. The molecular weight excluding hydrogens is 174 g/mol. The number of hydrogen-bond donors (Lipinski definition) is 0. The standard InChI is InChI=1S/C12H13NO/c1-2-10-4-3-5-11(8-10)9-12-6-7-13-14-12/h3-8H,2,9H2,1H3. The monoisotopic (exact) mass is 187 g/mol. The van der Waals surface area contributed by atoms with Gasteiger partial charge in [-0.15, -0.1) is 0 Å². The van der Waals surface area contributed by atoms with E-state index in [-0.39, 0.29) is 0 Å². The predicted molar refractivity (Wildman–Crippen MR) is 55.1 cm³/mol. The minimum atomic E-state index is 0.827. The number of rotatable bonds is 3. The molecule has 2 rings (SSSR count). The molecule has 0 radical (unpaired) electrons. The van der Waals surface area contributed by atoms with Crippen LogP contribution in [0, 0.1) is 0 Å². The van der Waals surface area contributed by atoms with E-state index in [4.69, 9.17) is 4.52 Å². The zero-order valence-electron chi connectivity index (χ0n) is 8.23. The van der Waals surface area contributed by atoms with Crippen LogP contribution in [0.1, 0.15) is 23.8 Å². The number of hydrogen-bond acceptors (Lipinski definition) is 2. The third kappa shape index (κ3) is 2.02. The highest BCUT2D eigenvalue weighted by Gasteiger charge is 1.99. The molecule has 0 amide bonds. The molecule has 72 valence electrons. The summed E-state index contributed by atoms with van der Waals surface area (Å²) in [5.74, 6) is 0.915. The lowest BCUT2D eigenvalue weighted by Gasteiger charge is -2.00. The molecule has 0 spiro atoms. The SMILES string of the molecule is CCc1cccc(Cc2ccno2)c1. The molecule has 1 aromatic heterocycles. The zero-order valence-corrected chi connectivity index (χ0v) is 8.23. The fourth-order valence-electron chi connectivity index (χ4n) is 1.49. The van der Waals surface area contributed by atoms with Gasteiger partial charge < -0.3 is 4.52 Å². The Morgan fingerprint density at radius 1 is 1.21 bits per heavy atom. The van der Waals surface area contributed by atoms with Gasteiger partial charge in [0.05, 0.1) is 6.20 Å². The van der Waals surface area contributed by atoms with Gasteiger partial charge in [-0.25, -0.2) is 0 Å². The lowest BCUT2D eigenvalue weighted by atomic mass is 10.1. The molecule has 2 nitrogen and oxygen atoms in total. The summed E-state index contributed by atoms with van der Waals surface area (Å²) in [6.07, 6.45) is 3.58. The van der Waals surface area contributed by atoms with Crippen molar-refractivity contribution in [2.24, 2.45) is 0 Å². The second kappa shape index (κ2) is 4.09. The maximum absolute atomic E-state index is 5.06. The Kier molecular flexibility index (Phi) is 2.63. The van der Waals surface area contributed by atoms with Crippen LogP contribution in [0.3, 0.4) is 0 Å². The van der Waals surface area contributed by atoms with E-state index in [9.17, 15) is 0 Å². The van der Waals surface area contributed by atoms with Crippen LogP contribution >= 0.6 is 0 Å². The normalized spacial score (nSPS) is 10.4. The van der Waals surface area contributed by atoms with Crippen molar-refractivity contribution in [1.82, 2.24) is 5.16 Å². The van der Waals surface area contributed by atoms with Crippen LogP contribution < -0.4 is 0 Å². The number of nitrogens with zero attached hydrogens (tertiary/aromatic N) is 1. The van der Waals surface area contributed by atoms with Crippen molar-refractivity contribution in [2.45, 2.75) is 19.8 Å². The van der Waals surface area contributed by atoms with Crippen LogP contribution in [-0.4, -0.2) is 5.16 Å². The quantitative estimate of drug-likeness (QED) is 0.738. The van der Waals surface area contributed by atoms with Gasteiger partial charge in [-0.05, 0) is 17.5 Å². The molecule has 0 bridgehead atoms.